The summed E-state index contributed by atoms with van der Waals surface area (Å²) in [7, 11) is 0. The lowest BCUT2D eigenvalue weighted by molar-refractivity contribution is -0.138. The number of nitrogens with zero attached hydrogens (tertiary/aromatic N) is 2. The summed E-state index contributed by atoms with van der Waals surface area (Å²) in [6, 6.07) is 8.03. The van der Waals surface area contributed by atoms with Gasteiger partial charge in [0.25, 0.3) is 5.91 Å². The van der Waals surface area contributed by atoms with Gasteiger partial charge in [0.2, 0.25) is 11.8 Å². The number of ether oxygens (including phenoxy) is 2. The number of hydrogen-bond acceptors (Lipinski definition) is 5. The maximum atomic E-state index is 13.0. The van der Waals surface area contributed by atoms with E-state index in [2.05, 4.69) is 5.32 Å². The summed E-state index contributed by atoms with van der Waals surface area (Å²) in [6.07, 6.45) is 0.473. The largest absolute Gasteiger partial charge is 0.378 e. The van der Waals surface area contributed by atoms with Gasteiger partial charge in [-0.1, -0.05) is 18.2 Å². The first-order chi connectivity index (χ1) is 13.6. The van der Waals surface area contributed by atoms with Gasteiger partial charge in [-0.05, 0) is 18.6 Å². The average molecular weight is 389 g/mol. The third kappa shape index (κ3) is 5.53. The van der Waals surface area contributed by atoms with Gasteiger partial charge in [-0.25, -0.2) is 0 Å². The van der Waals surface area contributed by atoms with Gasteiger partial charge in [0.1, 0.15) is 6.04 Å². The summed E-state index contributed by atoms with van der Waals surface area (Å²) in [5.41, 5.74) is 0.488. The van der Waals surface area contributed by atoms with E-state index >= 15 is 0 Å². The Morgan fingerprint density at radius 1 is 0.893 bits per heavy atom. The van der Waals surface area contributed by atoms with Crippen molar-refractivity contribution < 1.29 is 23.9 Å². The van der Waals surface area contributed by atoms with Gasteiger partial charge in [0, 0.05) is 38.2 Å². The van der Waals surface area contributed by atoms with E-state index in [-0.39, 0.29) is 30.6 Å². The maximum absolute atomic E-state index is 13.0. The lowest BCUT2D eigenvalue weighted by Crippen LogP contribution is -2.52. The van der Waals surface area contributed by atoms with Gasteiger partial charge in [-0.3, -0.25) is 14.4 Å². The highest BCUT2D eigenvalue weighted by molar-refractivity contribution is 5.97. The first-order valence-electron chi connectivity index (χ1n) is 9.73. The summed E-state index contributed by atoms with van der Waals surface area (Å²) >= 11 is 0. The van der Waals surface area contributed by atoms with E-state index in [0.29, 0.717) is 58.2 Å². The highest BCUT2D eigenvalue weighted by atomic mass is 16.5. The molecule has 1 aromatic rings. The fraction of sp³-hybridized carbons (Fsp3) is 0.550. The molecule has 1 N–H and O–H groups in total. The molecular weight excluding hydrogens is 362 g/mol. The molecule has 2 fully saturated rings. The number of nitrogens with one attached hydrogen (secondary N) is 1. The van der Waals surface area contributed by atoms with Gasteiger partial charge >= 0.3 is 0 Å². The zero-order chi connectivity index (χ0) is 19.8. The molecule has 28 heavy (non-hydrogen) atoms. The molecular formula is C20H27N3O5. The van der Waals surface area contributed by atoms with Crippen LogP contribution in [0.3, 0.4) is 0 Å². The molecule has 2 saturated heterocycles. The van der Waals surface area contributed by atoms with Crippen LogP contribution in [0.4, 0.5) is 0 Å². The van der Waals surface area contributed by atoms with Gasteiger partial charge in [-0.2, -0.15) is 0 Å². The minimum absolute atomic E-state index is 0.0166. The number of hydrogen-bond donors (Lipinski definition) is 1. The summed E-state index contributed by atoms with van der Waals surface area (Å²) in [6.45, 7) is 4.16. The molecule has 1 aromatic carbocycles. The summed E-state index contributed by atoms with van der Waals surface area (Å²) < 4.78 is 10.6. The quantitative estimate of drug-likeness (QED) is 0.755. The monoisotopic (exact) mass is 389 g/mol. The SMILES string of the molecule is O=C(N[C@@H](CCC(=O)N1CCOCC1)C(=O)N1CCOCC1)c1ccccc1. The molecule has 0 spiro atoms. The van der Waals surface area contributed by atoms with Crippen molar-refractivity contribution in [1.29, 1.82) is 0 Å². The predicted octanol–water partition coefficient (Wildman–Crippen LogP) is 0.283. The van der Waals surface area contributed by atoms with E-state index in [9.17, 15) is 14.4 Å². The van der Waals surface area contributed by atoms with E-state index < -0.39 is 6.04 Å². The number of carbonyl (C=O) groups excluding carboxylic acids is 3. The van der Waals surface area contributed by atoms with Crippen molar-refractivity contribution >= 4 is 17.7 Å². The Balaban J connectivity index is 1.63. The molecule has 3 rings (SSSR count). The van der Waals surface area contributed by atoms with Crippen molar-refractivity contribution in [3.63, 3.8) is 0 Å². The molecule has 0 unspecified atom stereocenters. The second-order valence-electron chi connectivity index (χ2n) is 6.86. The van der Waals surface area contributed by atoms with Crippen molar-refractivity contribution in [1.82, 2.24) is 15.1 Å². The zero-order valence-electron chi connectivity index (χ0n) is 16.0. The molecule has 0 aliphatic carbocycles. The summed E-state index contributed by atoms with van der Waals surface area (Å²) in [4.78, 5) is 41.4. The fourth-order valence-electron chi connectivity index (χ4n) is 3.33. The second-order valence-corrected chi connectivity index (χ2v) is 6.86. The highest BCUT2D eigenvalue weighted by Gasteiger charge is 2.29. The van der Waals surface area contributed by atoms with Crippen LogP contribution in [0.5, 0.6) is 0 Å². The lowest BCUT2D eigenvalue weighted by Gasteiger charge is -2.31. The van der Waals surface area contributed by atoms with Crippen LogP contribution in [0.25, 0.3) is 0 Å². The van der Waals surface area contributed by atoms with E-state index in [1.807, 2.05) is 6.07 Å². The Morgan fingerprint density at radius 3 is 2.07 bits per heavy atom. The number of benzene rings is 1. The van der Waals surface area contributed by atoms with Crippen molar-refractivity contribution in [3.8, 4) is 0 Å². The van der Waals surface area contributed by atoms with Crippen LogP contribution in [0, 0.1) is 0 Å². The standard InChI is InChI=1S/C20H27N3O5/c24-18(22-8-12-27-13-9-22)7-6-17(20(26)23-10-14-28-15-11-23)21-19(25)16-4-2-1-3-5-16/h1-5,17H,6-15H2,(H,21,25)/t17-/m0/s1. The summed E-state index contributed by atoms with van der Waals surface area (Å²) in [5, 5.41) is 2.82. The first-order valence-corrected chi connectivity index (χ1v) is 9.73. The number of morpholine rings is 2. The van der Waals surface area contributed by atoms with Gasteiger partial charge in [-0.15, -0.1) is 0 Å². The van der Waals surface area contributed by atoms with Crippen LogP contribution >= 0.6 is 0 Å². The molecule has 152 valence electrons. The van der Waals surface area contributed by atoms with E-state index in [1.54, 1.807) is 34.1 Å². The Bertz CT molecular complexity index is 670. The molecule has 0 radical (unpaired) electrons. The first kappa shape index (κ1) is 20.3. The van der Waals surface area contributed by atoms with Crippen LogP contribution in [0.1, 0.15) is 23.2 Å². The second kappa shape index (κ2) is 10.2. The number of carbonyl (C=O) groups is 3. The van der Waals surface area contributed by atoms with Crippen molar-refractivity contribution in [2.45, 2.75) is 18.9 Å². The van der Waals surface area contributed by atoms with Crippen molar-refractivity contribution in [2.75, 3.05) is 52.6 Å². The molecule has 2 aliphatic heterocycles. The molecule has 2 heterocycles. The van der Waals surface area contributed by atoms with Crippen LogP contribution < -0.4 is 5.32 Å². The van der Waals surface area contributed by atoms with Crippen molar-refractivity contribution in [3.05, 3.63) is 35.9 Å². The number of rotatable bonds is 6. The molecule has 8 nitrogen and oxygen atoms in total. The number of amides is 3. The van der Waals surface area contributed by atoms with Crippen LogP contribution in [0.2, 0.25) is 0 Å². The third-order valence-electron chi connectivity index (χ3n) is 4.97. The van der Waals surface area contributed by atoms with Crippen LogP contribution in [0.15, 0.2) is 30.3 Å². The highest BCUT2D eigenvalue weighted by Crippen LogP contribution is 2.10. The predicted molar refractivity (Wildman–Crippen MR) is 102 cm³/mol. The van der Waals surface area contributed by atoms with Gasteiger partial charge < -0.3 is 24.6 Å². The molecule has 8 heteroatoms. The van der Waals surface area contributed by atoms with Gasteiger partial charge in [0.05, 0.1) is 26.4 Å². The third-order valence-corrected chi connectivity index (χ3v) is 4.97. The Labute approximate surface area is 164 Å². The minimum Gasteiger partial charge on any atom is -0.378 e. The molecule has 1 atom stereocenters. The maximum Gasteiger partial charge on any atom is 0.251 e. The van der Waals surface area contributed by atoms with E-state index in [1.165, 1.54) is 0 Å². The molecule has 2 aliphatic rings. The molecule has 0 saturated carbocycles. The van der Waals surface area contributed by atoms with Crippen LogP contribution in [-0.2, 0) is 19.1 Å². The van der Waals surface area contributed by atoms with E-state index in [0.717, 1.165) is 0 Å². The smallest absolute Gasteiger partial charge is 0.251 e. The minimum atomic E-state index is -0.740. The molecule has 0 aromatic heterocycles. The zero-order valence-corrected chi connectivity index (χ0v) is 16.0. The summed E-state index contributed by atoms with van der Waals surface area (Å²) in [5.74, 6) is -0.495. The lowest BCUT2D eigenvalue weighted by atomic mass is 10.1. The Hall–Kier alpha value is -2.45. The molecule has 0 bridgehead atoms. The normalized spacial score (nSPS) is 18.4. The fourth-order valence-corrected chi connectivity index (χ4v) is 3.33. The topological polar surface area (TPSA) is 88.2 Å². The average Bonchev–Trinajstić information content (AvgIpc) is 2.77. The van der Waals surface area contributed by atoms with Crippen molar-refractivity contribution in [2.24, 2.45) is 0 Å². The van der Waals surface area contributed by atoms with Gasteiger partial charge in [0.15, 0.2) is 0 Å². The Morgan fingerprint density at radius 2 is 1.46 bits per heavy atom. The molecule has 3 amide bonds. The van der Waals surface area contributed by atoms with Crippen LogP contribution in [-0.4, -0.2) is 86.2 Å². The van der Waals surface area contributed by atoms with E-state index in [4.69, 9.17) is 9.47 Å². The Kier molecular flexibility index (Phi) is 7.39.